The molecule has 0 aliphatic heterocycles. The maximum Gasteiger partial charge on any atom is 0.251 e. The Hall–Kier alpha value is -0.540. The Bertz CT molecular complexity index is 398. The van der Waals surface area contributed by atoms with E-state index in [-0.39, 0.29) is 5.91 Å². The monoisotopic (exact) mass is 315 g/mol. The number of benzene rings is 1. The van der Waals surface area contributed by atoms with Crippen LogP contribution in [0.4, 0.5) is 0 Å². The van der Waals surface area contributed by atoms with Gasteiger partial charge in [0.15, 0.2) is 0 Å². The first-order chi connectivity index (χ1) is 8.15. The normalized spacial score (nSPS) is 15.4. The van der Waals surface area contributed by atoms with Crippen molar-refractivity contribution in [3.63, 3.8) is 0 Å². The topological polar surface area (TPSA) is 29.1 Å². The second-order valence-electron chi connectivity index (χ2n) is 4.50. The van der Waals surface area contributed by atoms with E-state index < -0.39 is 0 Å². The van der Waals surface area contributed by atoms with Crippen molar-refractivity contribution in [2.45, 2.75) is 25.7 Å². The number of amides is 1. The lowest BCUT2D eigenvalue weighted by Crippen LogP contribution is -2.27. The molecule has 1 saturated carbocycles. The molecule has 2 rings (SSSR count). The minimum atomic E-state index is -0.0486. The van der Waals surface area contributed by atoms with E-state index in [2.05, 4.69) is 21.2 Å². The SMILES string of the molecule is O=C(NCCC1CCC1)c1cc(Cl)cc(Br)c1. The molecule has 1 aromatic rings. The summed E-state index contributed by atoms with van der Waals surface area (Å²) in [6.45, 7) is 0.758. The third-order valence-corrected chi connectivity index (χ3v) is 3.86. The molecular weight excluding hydrogens is 302 g/mol. The van der Waals surface area contributed by atoms with Crippen molar-refractivity contribution < 1.29 is 4.79 Å². The van der Waals surface area contributed by atoms with Crippen LogP contribution in [0.15, 0.2) is 22.7 Å². The van der Waals surface area contributed by atoms with Crippen LogP contribution in [0.3, 0.4) is 0 Å². The summed E-state index contributed by atoms with van der Waals surface area (Å²) >= 11 is 9.23. The molecule has 0 spiro atoms. The average molecular weight is 317 g/mol. The van der Waals surface area contributed by atoms with Crippen LogP contribution in [0.2, 0.25) is 5.02 Å². The number of rotatable bonds is 4. The molecule has 4 heteroatoms. The molecular formula is C13H15BrClNO. The third-order valence-electron chi connectivity index (χ3n) is 3.19. The van der Waals surface area contributed by atoms with Crippen molar-refractivity contribution in [1.82, 2.24) is 5.32 Å². The van der Waals surface area contributed by atoms with E-state index in [4.69, 9.17) is 11.6 Å². The highest BCUT2D eigenvalue weighted by Gasteiger charge is 2.17. The fourth-order valence-electron chi connectivity index (χ4n) is 1.96. The number of nitrogens with one attached hydrogen (secondary N) is 1. The maximum absolute atomic E-state index is 11.8. The molecule has 1 aliphatic carbocycles. The summed E-state index contributed by atoms with van der Waals surface area (Å²) in [6.07, 6.45) is 5.07. The largest absolute Gasteiger partial charge is 0.352 e. The molecule has 1 N–H and O–H groups in total. The fourth-order valence-corrected chi connectivity index (χ4v) is 2.82. The first kappa shape index (κ1) is 12.9. The van der Waals surface area contributed by atoms with E-state index in [0.29, 0.717) is 10.6 Å². The van der Waals surface area contributed by atoms with Crippen LogP contribution in [-0.2, 0) is 0 Å². The van der Waals surface area contributed by atoms with Gasteiger partial charge in [-0.3, -0.25) is 4.79 Å². The maximum atomic E-state index is 11.8. The molecule has 1 fully saturated rings. The number of halogens is 2. The first-order valence-corrected chi connectivity index (χ1v) is 7.06. The Kier molecular flexibility index (Phi) is 4.46. The van der Waals surface area contributed by atoms with Gasteiger partial charge in [-0.1, -0.05) is 46.8 Å². The molecule has 17 heavy (non-hydrogen) atoms. The zero-order valence-corrected chi connectivity index (χ0v) is 11.9. The molecule has 2 nitrogen and oxygen atoms in total. The highest BCUT2D eigenvalue weighted by atomic mass is 79.9. The van der Waals surface area contributed by atoms with Crippen LogP contribution >= 0.6 is 27.5 Å². The predicted molar refractivity (Wildman–Crippen MR) is 73.4 cm³/mol. The van der Waals surface area contributed by atoms with Crippen LogP contribution < -0.4 is 5.32 Å². The molecule has 1 amide bonds. The van der Waals surface area contributed by atoms with Gasteiger partial charge in [-0.25, -0.2) is 0 Å². The highest BCUT2D eigenvalue weighted by molar-refractivity contribution is 9.10. The zero-order chi connectivity index (χ0) is 12.3. The lowest BCUT2D eigenvalue weighted by molar-refractivity contribution is 0.0949. The van der Waals surface area contributed by atoms with E-state index in [1.165, 1.54) is 19.3 Å². The first-order valence-electron chi connectivity index (χ1n) is 5.89. The Labute approximate surface area is 115 Å². The van der Waals surface area contributed by atoms with E-state index >= 15 is 0 Å². The average Bonchev–Trinajstić information content (AvgIpc) is 2.20. The van der Waals surface area contributed by atoms with Gasteiger partial charge in [-0.05, 0) is 30.5 Å². The Morgan fingerprint density at radius 3 is 2.76 bits per heavy atom. The van der Waals surface area contributed by atoms with E-state index in [1.807, 2.05) is 0 Å². The minimum absolute atomic E-state index is 0.0486. The van der Waals surface area contributed by atoms with Gasteiger partial charge in [-0.2, -0.15) is 0 Å². The van der Waals surface area contributed by atoms with Crippen molar-refractivity contribution >= 4 is 33.4 Å². The van der Waals surface area contributed by atoms with E-state index in [0.717, 1.165) is 23.4 Å². The molecule has 0 unspecified atom stereocenters. The molecule has 92 valence electrons. The molecule has 0 saturated heterocycles. The smallest absolute Gasteiger partial charge is 0.251 e. The van der Waals surface area contributed by atoms with Crippen LogP contribution in [0.25, 0.3) is 0 Å². The van der Waals surface area contributed by atoms with Gasteiger partial charge in [0.1, 0.15) is 0 Å². The molecule has 0 aromatic heterocycles. The number of carbonyl (C=O) groups excluding carboxylic acids is 1. The van der Waals surface area contributed by atoms with Gasteiger partial charge in [0, 0.05) is 21.6 Å². The van der Waals surface area contributed by atoms with Crippen molar-refractivity contribution in [3.8, 4) is 0 Å². The van der Waals surface area contributed by atoms with Crippen LogP contribution in [-0.4, -0.2) is 12.5 Å². The Balaban J connectivity index is 1.85. The standard InChI is InChI=1S/C13H15BrClNO/c14-11-6-10(7-12(15)8-11)13(17)16-5-4-9-2-1-3-9/h6-9H,1-5H2,(H,16,17). The summed E-state index contributed by atoms with van der Waals surface area (Å²) in [4.78, 5) is 11.8. The summed E-state index contributed by atoms with van der Waals surface area (Å²) in [5.74, 6) is 0.772. The minimum Gasteiger partial charge on any atom is -0.352 e. The summed E-state index contributed by atoms with van der Waals surface area (Å²) in [5, 5.41) is 3.51. The fraction of sp³-hybridized carbons (Fsp3) is 0.462. The van der Waals surface area contributed by atoms with Gasteiger partial charge in [0.2, 0.25) is 0 Å². The van der Waals surface area contributed by atoms with Gasteiger partial charge in [0.05, 0.1) is 0 Å². The second kappa shape index (κ2) is 5.87. The number of hydrogen-bond acceptors (Lipinski definition) is 1. The van der Waals surface area contributed by atoms with Gasteiger partial charge < -0.3 is 5.32 Å². The molecule has 0 heterocycles. The third kappa shape index (κ3) is 3.71. The van der Waals surface area contributed by atoms with Crippen LogP contribution in [0.5, 0.6) is 0 Å². The van der Waals surface area contributed by atoms with Crippen molar-refractivity contribution in [3.05, 3.63) is 33.3 Å². The lowest BCUT2D eigenvalue weighted by atomic mass is 9.83. The van der Waals surface area contributed by atoms with Gasteiger partial charge in [0.25, 0.3) is 5.91 Å². The van der Waals surface area contributed by atoms with Gasteiger partial charge in [-0.15, -0.1) is 0 Å². The zero-order valence-electron chi connectivity index (χ0n) is 9.51. The second-order valence-corrected chi connectivity index (χ2v) is 5.85. The highest BCUT2D eigenvalue weighted by Crippen LogP contribution is 2.28. The van der Waals surface area contributed by atoms with E-state index in [9.17, 15) is 4.79 Å². The summed E-state index contributed by atoms with van der Waals surface area (Å²) in [7, 11) is 0. The predicted octanol–water partition coefficient (Wildman–Crippen LogP) is 4.02. The molecule has 0 atom stereocenters. The van der Waals surface area contributed by atoms with E-state index in [1.54, 1.807) is 18.2 Å². The number of carbonyl (C=O) groups is 1. The van der Waals surface area contributed by atoms with Crippen LogP contribution in [0, 0.1) is 5.92 Å². The number of hydrogen-bond donors (Lipinski definition) is 1. The molecule has 1 aromatic carbocycles. The molecule has 0 bridgehead atoms. The lowest BCUT2D eigenvalue weighted by Gasteiger charge is -2.25. The summed E-state index contributed by atoms with van der Waals surface area (Å²) < 4.78 is 0.828. The molecule has 1 aliphatic rings. The van der Waals surface area contributed by atoms with Crippen LogP contribution in [0.1, 0.15) is 36.0 Å². The van der Waals surface area contributed by atoms with Gasteiger partial charge >= 0.3 is 0 Å². The summed E-state index contributed by atoms with van der Waals surface area (Å²) in [6, 6.07) is 5.24. The quantitative estimate of drug-likeness (QED) is 0.893. The van der Waals surface area contributed by atoms with Crippen molar-refractivity contribution in [2.24, 2.45) is 5.92 Å². The Morgan fingerprint density at radius 1 is 1.41 bits per heavy atom. The van der Waals surface area contributed by atoms with Crippen molar-refractivity contribution in [1.29, 1.82) is 0 Å². The summed E-state index contributed by atoms with van der Waals surface area (Å²) in [5.41, 5.74) is 0.609. The van der Waals surface area contributed by atoms with Crippen molar-refractivity contribution in [2.75, 3.05) is 6.54 Å². The Morgan fingerprint density at radius 2 is 2.18 bits per heavy atom. The molecule has 0 radical (unpaired) electrons.